The maximum atomic E-state index is 12.5. The number of nitrogens with two attached hydrogens (primary N) is 1. The van der Waals surface area contributed by atoms with E-state index in [9.17, 15) is 8.42 Å². The van der Waals surface area contributed by atoms with Gasteiger partial charge in [-0.1, -0.05) is 12.1 Å². The highest BCUT2D eigenvalue weighted by molar-refractivity contribution is 7.93. The summed E-state index contributed by atoms with van der Waals surface area (Å²) >= 11 is 1.36. The van der Waals surface area contributed by atoms with Crippen LogP contribution in [-0.2, 0) is 16.6 Å². The Hall–Kier alpha value is -1.37. The lowest BCUT2D eigenvalue weighted by Gasteiger charge is -2.19. The lowest BCUT2D eigenvalue weighted by atomic mass is 10.2. The number of anilines is 1. The maximum Gasteiger partial charge on any atom is 0.264 e. The first-order chi connectivity index (χ1) is 8.95. The third-order valence-corrected chi connectivity index (χ3v) is 5.73. The molecule has 0 radical (unpaired) electrons. The lowest BCUT2D eigenvalue weighted by Crippen LogP contribution is -2.26. The lowest BCUT2D eigenvalue weighted by molar-refractivity contribution is 0.594. The van der Waals surface area contributed by atoms with Gasteiger partial charge in [-0.05, 0) is 30.7 Å². The van der Waals surface area contributed by atoms with Crippen molar-refractivity contribution in [2.75, 3.05) is 11.4 Å². The molecule has 2 N–H and O–H groups in total. The minimum atomic E-state index is -3.51. The summed E-state index contributed by atoms with van der Waals surface area (Å²) in [5.41, 5.74) is 7.19. The van der Waals surface area contributed by atoms with Crippen molar-refractivity contribution in [2.45, 2.75) is 18.4 Å². The van der Waals surface area contributed by atoms with Gasteiger partial charge in [-0.25, -0.2) is 8.42 Å². The van der Waals surface area contributed by atoms with Crippen LogP contribution < -0.4 is 10.0 Å². The normalized spacial score (nSPS) is 11.5. The molecule has 19 heavy (non-hydrogen) atoms. The van der Waals surface area contributed by atoms with Crippen LogP contribution in [0.15, 0.2) is 40.6 Å². The van der Waals surface area contributed by atoms with Crippen molar-refractivity contribution in [2.24, 2.45) is 5.73 Å². The Morgan fingerprint density at radius 1 is 1.32 bits per heavy atom. The zero-order valence-electron chi connectivity index (χ0n) is 10.8. The van der Waals surface area contributed by atoms with Crippen LogP contribution in [0.1, 0.15) is 10.4 Å². The summed E-state index contributed by atoms with van der Waals surface area (Å²) < 4.78 is 26.2. The van der Waals surface area contributed by atoms with E-state index in [1.54, 1.807) is 24.6 Å². The number of aryl methyl sites for hydroxylation is 1. The minimum Gasteiger partial charge on any atom is -0.326 e. The van der Waals surface area contributed by atoms with Crippen LogP contribution in [0.2, 0.25) is 0 Å². The van der Waals surface area contributed by atoms with Crippen LogP contribution in [0.25, 0.3) is 0 Å². The third-order valence-electron chi connectivity index (χ3n) is 2.85. The molecule has 0 fully saturated rings. The average molecular weight is 296 g/mol. The van der Waals surface area contributed by atoms with E-state index in [0.717, 1.165) is 10.4 Å². The Balaban J connectivity index is 2.39. The molecule has 102 valence electrons. The molecule has 0 spiro atoms. The quantitative estimate of drug-likeness (QED) is 0.942. The molecule has 1 aromatic carbocycles. The summed E-state index contributed by atoms with van der Waals surface area (Å²) in [7, 11) is -1.95. The predicted octanol–water partition coefficient (Wildman–Crippen LogP) is 2.34. The third kappa shape index (κ3) is 2.80. The molecule has 1 heterocycles. The van der Waals surface area contributed by atoms with Gasteiger partial charge in [-0.2, -0.15) is 0 Å². The average Bonchev–Trinajstić information content (AvgIpc) is 2.87. The van der Waals surface area contributed by atoms with Gasteiger partial charge in [-0.15, -0.1) is 11.3 Å². The number of benzene rings is 1. The predicted molar refractivity (Wildman–Crippen MR) is 79.0 cm³/mol. The molecule has 0 saturated heterocycles. The second kappa shape index (κ2) is 5.32. The zero-order valence-corrected chi connectivity index (χ0v) is 12.5. The molecule has 2 rings (SSSR count). The number of thiophene rings is 1. The van der Waals surface area contributed by atoms with Crippen LogP contribution in [0.4, 0.5) is 5.69 Å². The first-order valence-electron chi connectivity index (χ1n) is 5.78. The Labute approximate surface area is 117 Å². The fourth-order valence-corrected chi connectivity index (χ4v) is 4.05. The molecule has 0 saturated carbocycles. The van der Waals surface area contributed by atoms with Crippen LogP contribution in [0.3, 0.4) is 0 Å². The van der Waals surface area contributed by atoms with Crippen molar-refractivity contribution in [3.63, 3.8) is 0 Å². The SMILES string of the molecule is Cc1cccc(N(C)S(=O)(=O)c2csc(CN)c2)c1. The molecule has 0 atom stereocenters. The molecule has 4 nitrogen and oxygen atoms in total. The van der Waals surface area contributed by atoms with Gasteiger partial charge < -0.3 is 5.73 Å². The smallest absolute Gasteiger partial charge is 0.264 e. The number of sulfonamides is 1. The van der Waals surface area contributed by atoms with Crippen molar-refractivity contribution < 1.29 is 8.42 Å². The first kappa shape index (κ1) is 14.0. The van der Waals surface area contributed by atoms with Gasteiger partial charge in [0.15, 0.2) is 0 Å². The summed E-state index contributed by atoms with van der Waals surface area (Å²) in [4.78, 5) is 1.15. The Kier molecular flexibility index (Phi) is 3.93. The van der Waals surface area contributed by atoms with E-state index in [1.165, 1.54) is 15.6 Å². The molecular formula is C13H16N2O2S2. The van der Waals surface area contributed by atoms with E-state index in [0.29, 0.717) is 17.1 Å². The van der Waals surface area contributed by atoms with Crippen LogP contribution in [0.5, 0.6) is 0 Å². The number of nitrogens with zero attached hydrogens (tertiary/aromatic N) is 1. The highest BCUT2D eigenvalue weighted by atomic mass is 32.2. The Morgan fingerprint density at radius 2 is 2.05 bits per heavy atom. The van der Waals surface area contributed by atoms with E-state index in [2.05, 4.69) is 0 Å². The fraction of sp³-hybridized carbons (Fsp3) is 0.231. The van der Waals surface area contributed by atoms with Gasteiger partial charge in [0.2, 0.25) is 0 Å². The van der Waals surface area contributed by atoms with Crippen molar-refractivity contribution >= 4 is 27.0 Å². The number of hydrogen-bond acceptors (Lipinski definition) is 4. The van der Waals surface area contributed by atoms with Crippen molar-refractivity contribution in [3.05, 3.63) is 46.2 Å². The first-order valence-corrected chi connectivity index (χ1v) is 8.10. The van der Waals surface area contributed by atoms with Gasteiger partial charge in [0, 0.05) is 23.8 Å². The summed E-state index contributed by atoms with van der Waals surface area (Å²) in [6, 6.07) is 9.03. The Bertz CT molecular complexity index is 677. The molecule has 2 aromatic rings. The van der Waals surface area contributed by atoms with Crippen molar-refractivity contribution in [1.29, 1.82) is 0 Å². The highest BCUT2D eigenvalue weighted by Crippen LogP contribution is 2.26. The van der Waals surface area contributed by atoms with Gasteiger partial charge >= 0.3 is 0 Å². The molecule has 0 amide bonds. The molecule has 1 aromatic heterocycles. The fourth-order valence-electron chi connectivity index (χ4n) is 1.72. The van der Waals surface area contributed by atoms with E-state index < -0.39 is 10.0 Å². The number of rotatable bonds is 4. The minimum absolute atomic E-state index is 0.293. The van der Waals surface area contributed by atoms with Crippen LogP contribution >= 0.6 is 11.3 Å². The molecule has 0 aliphatic carbocycles. The molecule has 0 bridgehead atoms. The van der Waals surface area contributed by atoms with E-state index >= 15 is 0 Å². The second-order valence-corrected chi connectivity index (χ2v) is 7.23. The van der Waals surface area contributed by atoms with Gasteiger partial charge in [0.25, 0.3) is 10.0 Å². The van der Waals surface area contributed by atoms with Crippen LogP contribution in [0, 0.1) is 6.92 Å². The van der Waals surface area contributed by atoms with Crippen LogP contribution in [-0.4, -0.2) is 15.5 Å². The molecule has 0 aliphatic heterocycles. The van der Waals surface area contributed by atoms with E-state index in [-0.39, 0.29) is 0 Å². The molecule has 0 unspecified atom stereocenters. The zero-order chi connectivity index (χ0) is 14.0. The maximum absolute atomic E-state index is 12.5. The molecular weight excluding hydrogens is 280 g/mol. The summed E-state index contributed by atoms with van der Waals surface area (Å²) in [6.07, 6.45) is 0. The van der Waals surface area contributed by atoms with Gasteiger partial charge in [0.1, 0.15) is 0 Å². The molecule has 6 heteroatoms. The largest absolute Gasteiger partial charge is 0.326 e. The van der Waals surface area contributed by atoms with E-state index in [4.69, 9.17) is 5.73 Å². The highest BCUT2D eigenvalue weighted by Gasteiger charge is 2.22. The Morgan fingerprint density at radius 3 is 2.63 bits per heavy atom. The second-order valence-electron chi connectivity index (χ2n) is 4.26. The van der Waals surface area contributed by atoms with Gasteiger partial charge in [-0.3, -0.25) is 4.31 Å². The van der Waals surface area contributed by atoms with Crippen molar-refractivity contribution in [1.82, 2.24) is 0 Å². The summed E-state index contributed by atoms with van der Waals surface area (Å²) in [5, 5.41) is 1.63. The summed E-state index contributed by atoms with van der Waals surface area (Å²) in [6.45, 7) is 2.29. The monoisotopic (exact) mass is 296 g/mol. The van der Waals surface area contributed by atoms with E-state index in [1.807, 2.05) is 25.1 Å². The number of hydrogen-bond donors (Lipinski definition) is 1. The summed E-state index contributed by atoms with van der Waals surface area (Å²) in [5.74, 6) is 0. The molecule has 0 aliphatic rings. The topological polar surface area (TPSA) is 63.4 Å². The van der Waals surface area contributed by atoms with Gasteiger partial charge in [0.05, 0.1) is 10.6 Å². The van der Waals surface area contributed by atoms with Crippen molar-refractivity contribution in [3.8, 4) is 0 Å². The standard InChI is InChI=1S/C13H16N2O2S2/c1-10-4-3-5-11(6-10)15(2)19(16,17)13-7-12(8-14)18-9-13/h3-7,9H,8,14H2,1-2H3.